The van der Waals surface area contributed by atoms with E-state index in [0.29, 0.717) is 15.1 Å². The maximum absolute atomic E-state index is 12.3. The second-order valence-electron chi connectivity index (χ2n) is 5.63. The number of rotatable bonds is 2. The van der Waals surface area contributed by atoms with Crippen LogP contribution in [0.4, 0.5) is 4.79 Å². The Labute approximate surface area is 135 Å². The summed E-state index contributed by atoms with van der Waals surface area (Å²) in [7, 11) is 3.22. The topological polar surface area (TPSA) is 88.9 Å². The summed E-state index contributed by atoms with van der Waals surface area (Å²) in [5.74, 6) is 0. The zero-order chi connectivity index (χ0) is 16.5. The Balaban J connectivity index is 3.11. The van der Waals surface area contributed by atoms with Crippen LogP contribution in [0.15, 0.2) is 14.8 Å². The van der Waals surface area contributed by atoms with Crippen molar-refractivity contribution in [2.24, 2.45) is 4.36 Å². The predicted molar refractivity (Wildman–Crippen MR) is 85.6 cm³/mol. The molecule has 1 aromatic rings. The van der Waals surface area contributed by atoms with Crippen LogP contribution in [-0.4, -0.2) is 26.0 Å². The average molecular weight is 373 g/mol. The highest BCUT2D eigenvalue weighted by molar-refractivity contribution is 8.49. The number of carbonyl (C=O) groups excluding carboxylic acids is 1. The van der Waals surface area contributed by atoms with Crippen LogP contribution in [0.2, 0.25) is 0 Å². The molecule has 0 saturated carbocycles. The first-order valence-corrected chi connectivity index (χ1v) is 10.4. The molecule has 0 aliphatic carbocycles. The predicted octanol–water partition coefficient (Wildman–Crippen LogP) is 3.28. The maximum atomic E-state index is 12.3. The van der Waals surface area contributed by atoms with E-state index >= 15 is 0 Å². The molecule has 0 bridgehead atoms. The molecule has 10 heteroatoms. The average Bonchev–Trinajstić information content (AvgIpc) is 2.73. The smallest absolute Gasteiger partial charge is 0.442 e. The van der Waals surface area contributed by atoms with Crippen molar-refractivity contribution < 1.29 is 18.8 Å². The van der Waals surface area contributed by atoms with Gasteiger partial charge in [0.25, 0.3) is 0 Å². The van der Waals surface area contributed by atoms with Crippen molar-refractivity contribution in [2.45, 2.75) is 50.0 Å². The van der Waals surface area contributed by atoms with Gasteiger partial charge in [-0.1, -0.05) is 0 Å². The van der Waals surface area contributed by atoms with E-state index in [-0.39, 0.29) is 4.21 Å². The molecule has 1 N–H and O–H groups in total. The van der Waals surface area contributed by atoms with E-state index in [9.17, 15) is 14.1 Å². The van der Waals surface area contributed by atoms with E-state index in [2.05, 4.69) is 9.35 Å². The number of thiazole rings is 1. The van der Waals surface area contributed by atoms with Gasteiger partial charge in [-0.05, 0) is 45.3 Å². The summed E-state index contributed by atoms with van der Waals surface area (Å²) in [5.41, 5.74) is -1.84. The minimum Gasteiger partial charge on any atom is -0.442 e. The minimum atomic E-state index is -3.13. The van der Waals surface area contributed by atoms with Gasteiger partial charge in [-0.3, -0.25) is 0 Å². The second-order valence-corrected chi connectivity index (χ2v) is 12.3. The summed E-state index contributed by atoms with van der Waals surface area (Å²) in [6.45, 7) is 8.21. The van der Waals surface area contributed by atoms with E-state index in [1.165, 1.54) is 6.20 Å². The Hall–Kier alpha value is -0.480. The van der Waals surface area contributed by atoms with Gasteiger partial charge in [0.2, 0.25) is 0 Å². The maximum Gasteiger partial charge on any atom is 0.445 e. The Kier molecular flexibility index (Phi) is 5.60. The minimum absolute atomic E-state index is 0.235. The molecule has 0 fully saturated rings. The van der Waals surface area contributed by atoms with Crippen molar-refractivity contribution in [3.05, 3.63) is 11.2 Å². The summed E-state index contributed by atoms with van der Waals surface area (Å²) in [4.78, 5) is 15.4. The summed E-state index contributed by atoms with van der Waals surface area (Å²) in [6.07, 6.45) is 0.457. The number of aromatic nitrogens is 1. The van der Waals surface area contributed by atoms with Gasteiger partial charge >= 0.3 is 6.09 Å². The quantitative estimate of drug-likeness (QED) is 0.804. The van der Waals surface area contributed by atoms with Gasteiger partial charge in [0.15, 0.2) is 7.71 Å². The zero-order valence-corrected chi connectivity index (χ0v) is 15.5. The number of hydrogen-bond donors (Lipinski definition) is 1. The number of halogens is 1. The fraction of sp³-hybridized carbons (Fsp3) is 0.636. The lowest BCUT2D eigenvalue weighted by Gasteiger charge is -2.16. The largest absolute Gasteiger partial charge is 0.445 e. The van der Waals surface area contributed by atoms with Gasteiger partial charge < -0.3 is 9.84 Å². The Morgan fingerprint density at radius 2 is 2.05 bits per heavy atom. The molecule has 1 atom stereocenters. The van der Waals surface area contributed by atoms with E-state index in [0.717, 1.165) is 11.3 Å². The molecule has 21 heavy (non-hydrogen) atoms. The SMILES string of the molecule is CC(C)(C)OC(=O)N=S=S(=O)(Cl)c1cnc(C(C)(C)O)s1. The van der Waals surface area contributed by atoms with Crippen LogP contribution >= 0.6 is 22.0 Å². The van der Waals surface area contributed by atoms with Crippen LogP contribution in [0.25, 0.3) is 0 Å². The lowest BCUT2D eigenvalue weighted by molar-refractivity contribution is 0.0608. The van der Waals surface area contributed by atoms with Crippen LogP contribution in [0.5, 0.6) is 0 Å². The normalized spacial score (nSPS) is 15.2. The van der Waals surface area contributed by atoms with Gasteiger partial charge in [-0.2, -0.15) is 0 Å². The van der Waals surface area contributed by atoms with Crippen LogP contribution in [0, 0.1) is 0 Å². The first kappa shape index (κ1) is 18.6. The molecule has 0 aliphatic heterocycles. The molecule has 1 aromatic heterocycles. The lowest BCUT2D eigenvalue weighted by Crippen LogP contribution is -2.21. The van der Waals surface area contributed by atoms with Gasteiger partial charge in [0.1, 0.15) is 20.4 Å². The molecule has 0 aliphatic rings. The zero-order valence-electron chi connectivity index (χ0n) is 12.2. The van der Waals surface area contributed by atoms with Crippen molar-refractivity contribution >= 4 is 45.9 Å². The second kappa shape index (κ2) is 6.33. The molecule has 1 amide bonds. The van der Waals surface area contributed by atoms with E-state index in [1.54, 1.807) is 34.6 Å². The highest BCUT2D eigenvalue weighted by atomic mass is 35.7. The highest BCUT2D eigenvalue weighted by Crippen LogP contribution is 2.29. The molecule has 120 valence electrons. The number of aliphatic hydroxyl groups is 1. The van der Waals surface area contributed by atoms with Crippen LogP contribution < -0.4 is 0 Å². The van der Waals surface area contributed by atoms with E-state index < -0.39 is 25.0 Å². The fourth-order valence-corrected chi connectivity index (χ4v) is 4.84. The number of nitrogens with zero attached hydrogens (tertiary/aromatic N) is 2. The Morgan fingerprint density at radius 3 is 2.48 bits per heavy atom. The van der Waals surface area contributed by atoms with Gasteiger partial charge in [-0.15, -0.1) is 15.7 Å². The third-order valence-corrected chi connectivity index (χ3v) is 7.84. The highest BCUT2D eigenvalue weighted by Gasteiger charge is 2.23. The van der Waals surface area contributed by atoms with E-state index in [4.69, 9.17) is 15.4 Å². The van der Waals surface area contributed by atoms with Gasteiger partial charge in [0.05, 0.1) is 6.20 Å². The fourth-order valence-electron chi connectivity index (χ4n) is 1.05. The Morgan fingerprint density at radius 1 is 1.48 bits per heavy atom. The number of carbonyl (C=O) groups is 1. The Bertz CT molecular complexity index is 687. The molecule has 6 nitrogen and oxygen atoms in total. The number of hydrogen-bond acceptors (Lipinski definition) is 6. The molecule has 0 saturated heterocycles. The van der Waals surface area contributed by atoms with Crippen molar-refractivity contribution in [3.63, 3.8) is 0 Å². The molecule has 1 heterocycles. The van der Waals surface area contributed by atoms with Crippen LogP contribution in [0.1, 0.15) is 39.6 Å². The molecule has 1 rings (SSSR count). The number of amides is 1. The van der Waals surface area contributed by atoms with Crippen molar-refractivity contribution in [1.82, 2.24) is 4.98 Å². The van der Waals surface area contributed by atoms with Crippen molar-refractivity contribution in [3.8, 4) is 0 Å². The molecule has 0 radical (unpaired) electrons. The summed E-state index contributed by atoms with van der Waals surface area (Å²) in [6, 6.07) is 0. The van der Waals surface area contributed by atoms with Gasteiger partial charge in [0, 0.05) is 10.1 Å². The van der Waals surface area contributed by atoms with Crippen LogP contribution in [0.3, 0.4) is 0 Å². The van der Waals surface area contributed by atoms with E-state index in [1.807, 2.05) is 0 Å². The lowest BCUT2D eigenvalue weighted by atomic mass is 10.2. The molecular weight excluding hydrogens is 356 g/mol. The summed E-state index contributed by atoms with van der Waals surface area (Å²) < 4.78 is 21.0. The molecule has 0 aromatic carbocycles. The first-order chi connectivity index (χ1) is 9.31. The standard InChI is InChI=1S/C11H17ClN2O4S3/c1-10(2,3)18-9(15)14-20-21(12,17)7-6-13-8(19-7)11(4,5)16/h6,16H,1-5H3. The summed E-state index contributed by atoms with van der Waals surface area (Å²) >= 11 is 1.01. The van der Waals surface area contributed by atoms with Crippen molar-refractivity contribution in [1.29, 1.82) is 0 Å². The third-order valence-electron chi connectivity index (χ3n) is 1.85. The summed E-state index contributed by atoms with van der Waals surface area (Å²) in [5, 5.41) is 10.2. The molecule has 1 unspecified atom stereocenters. The van der Waals surface area contributed by atoms with Gasteiger partial charge in [-0.25, -0.2) is 14.0 Å². The number of ether oxygens (including phenoxy) is 1. The van der Waals surface area contributed by atoms with Crippen LogP contribution in [-0.2, 0) is 28.2 Å². The first-order valence-electron chi connectivity index (χ1n) is 5.86. The van der Waals surface area contributed by atoms with Crippen molar-refractivity contribution in [2.75, 3.05) is 0 Å². The monoisotopic (exact) mass is 372 g/mol. The third kappa shape index (κ3) is 6.03. The molecule has 0 spiro atoms. The molecular formula is C11H17ClN2O4S3.